The molecular formula is C22H40N6OS+2. The molecule has 3 saturated heterocycles. The second-order valence-electron chi connectivity index (χ2n) is 9.67. The molecule has 0 aliphatic carbocycles. The highest BCUT2D eigenvalue weighted by molar-refractivity contribution is 7.99. The molecule has 3 fully saturated rings. The second-order valence-corrected chi connectivity index (χ2v) is 10.7. The van der Waals surface area contributed by atoms with Gasteiger partial charge in [-0.2, -0.15) is 0 Å². The van der Waals surface area contributed by atoms with Crippen LogP contribution in [0.2, 0.25) is 0 Å². The monoisotopic (exact) mass is 436 g/mol. The van der Waals surface area contributed by atoms with E-state index in [0.717, 1.165) is 49.0 Å². The maximum absolute atomic E-state index is 13.2. The fourth-order valence-electron chi connectivity index (χ4n) is 5.80. The number of carbonyl (C=O) groups excluding carboxylic acids is 1. The van der Waals surface area contributed by atoms with Crippen LogP contribution in [0.5, 0.6) is 0 Å². The maximum Gasteiger partial charge on any atom is 0.278 e. The first kappa shape index (κ1) is 22.1. The average molecular weight is 437 g/mol. The van der Waals surface area contributed by atoms with Gasteiger partial charge in [0.1, 0.15) is 6.04 Å². The molecule has 0 saturated carbocycles. The van der Waals surface area contributed by atoms with Crippen LogP contribution < -0.4 is 9.80 Å². The van der Waals surface area contributed by atoms with Crippen molar-refractivity contribution >= 4 is 17.7 Å². The lowest BCUT2D eigenvalue weighted by Gasteiger charge is -2.39. The molecule has 3 aliphatic rings. The summed E-state index contributed by atoms with van der Waals surface area (Å²) < 4.78 is 2.19. The van der Waals surface area contributed by atoms with Crippen molar-refractivity contribution in [3.05, 3.63) is 5.82 Å². The summed E-state index contributed by atoms with van der Waals surface area (Å²) in [7, 11) is 2.10. The van der Waals surface area contributed by atoms with Crippen LogP contribution in [0.15, 0.2) is 5.16 Å². The largest absolute Gasteiger partial charge is 0.334 e. The third-order valence-electron chi connectivity index (χ3n) is 7.52. The van der Waals surface area contributed by atoms with Crippen LogP contribution in [0.25, 0.3) is 0 Å². The fourth-order valence-corrected chi connectivity index (χ4v) is 6.76. The van der Waals surface area contributed by atoms with Crippen LogP contribution in [0.3, 0.4) is 0 Å². The topological polar surface area (TPSA) is 59.9 Å². The molecule has 0 radical (unpaired) electrons. The second kappa shape index (κ2) is 10.0. The van der Waals surface area contributed by atoms with Gasteiger partial charge in [-0.15, -0.1) is 10.2 Å². The van der Waals surface area contributed by atoms with Gasteiger partial charge in [0.05, 0.1) is 31.9 Å². The molecule has 168 valence electrons. The number of rotatable bonds is 7. The number of quaternary nitrogens is 2. The lowest BCUT2D eigenvalue weighted by molar-refractivity contribution is -0.911. The Morgan fingerprint density at radius 1 is 1.03 bits per heavy atom. The first-order valence-corrected chi connectivity index (χ1v) is 13.0. The van der Waals surface area contributed by atoms with E-state index in [2.05, 4.69) is 40.6 Å². The molecule has 7 nitrogen and oxygen atoms in total. The van der Waals surface area contributed by atoms with Crippen molar-refractivity contribution in [2.75, 3.05) is 38.5 Å². The fraction of sp³-hybridized carbons (Fsp3) is 0.864. The average Bonchev–Trinajstić information content (AvgIpc) is 3.45. The molecule has 4 atom stereocenters. The smallest absolute Gasteiger partial charge is 0.278 e. The minimum atomic E-state index is 0.292. The van der Waals surface area contributed by atoms with Crippen LogP contribution in [-0.4, -0.2) is 76.1 Å². The van der Waals surface area contributed by atoms with E-state index >= 15 is 0 Å². The van der Waals surface area contributed by atoms with Crippen LogP contribution >= 0.6 is 11.8 Å². The summed E-state index contributed by atoms with van der Waals surface area (Å²) in [6, 6.07) is 1.04. The molecule has 8 heteroatoms. The Balaban J connectivity index is 1.36. The summed E-state index contributed by atoms with van der Waals surface area (Å²) in [5, 5.41) is 10.1. The highest BCUT2D eigenvalue weighted by Crippen LogP contribution is 2.24. The summed E-state index contributed by atoms with van der Waals surface area (Å²) in [5.41, 5.74) is 0. The third-order valence-corrected chi connectivity index (χ3v) is 8.54. The van der Waals surface area contributed by atoms with Crippen LogP contribution in [0, 0.1) is 0 Å². The Kier molecular flexibility index (Phi) is 7.36. The molecule has 30 heavy (non-hydrogen) atoms. The van der Waals surface area contributed by atoms with E-state index in [1.807, 2.05) is 11.8 Å². The van der Waals surface area contributed by atoms with Gasteiger partial charge in [-0.25, -0.2) is 0 Å². The van der Waals surface area contributed by atoms with Crippen molar-refractivity contribution in [1.29, 1.82) is 0 Å². The first-order chi connectivity index (χ1) is 14.5. The van der Waals surface area contributed by atoms with E-state index in [1.165, 1.54) is 43.8 Å². The van der Waals surface area contributed by atoms with Crippen molar-refractivity contribution in [3.63, 3.8) is 0 Å². The number of thioether (sulfide) groups is 1. The van der Waals surface area contributed by atoms with Gasteiger partial charge < -0.3 is 19.3 Å². The van der Waals surface area contributed by atoms with Gasteiger partial charge in [0.15, 0.2) is 17.5 Å². The van der Waals surface area contributed by atoms with E-state index < -0.39 is 0 Å². The summed E-state index contributed by atoms with van der Waals surface area (Å²) in [5.74, 6) is 2.49. The molecule has 3 aliphatic heterocycles. The van der Waals surface area contributed by atoms with Crippen LogP contribution in [-0.2, 0) is 11.8 Å². The van der Waals surface area contributed by atoms with Gasteiger partial charge in [-0.1, -0.05) is 11.8 Å². The van der Waals surface area contributed by atoms with Crippen molar-refractivity contribution in [3.8, 4) is 0 Å². The SMILES string of the molecule is C[C@H]1CCC[C@H](C)N1C(=O)C[NH+]1CCC[C@@H]1c1nnc(SCC[NH+]2CCCC2)n1C. The van der Waals surface area contributed by atoms with Crippen molar-refractivity contribution in [2.45, 2.75) is 82.1 Å². The number of hydrogen-bond donors (Lipinski definition) is 2. The molecule has 1 aromatic heterocycles. The highest BCUT2D eigenvalue weighted by atomic mass is 32.2. The van der Waals surface area contributed by atoms with Gasteiger partial charge in [-0.05, 0) is 33.1 Å². The standard InChI is InChI=1S/C22H38N6OS/c1-17-8-6-9-18(2)28(17)20(29)16-27-13-7-10-19(27)21-23-24-22(25(21)3)30-15-14-26-11-4-5-12-26/h17-19H,4-16H2,1-3H3/p+2/t17-,18-,19+/m0/s1. The predicted molar refractivity (Wildman–Crippen MR) is 119 cm³/mol. The lowest BCUT2D eigenvalue weighted by atomic mass is 9.97. The molecule has 1 aromatic rings. The van der Waals surface area contributed by atoms with Gasteiger partial charge in [0, 0.05) is 44.8 Å². The number of amides is 1. The minimum absolute atomic E-state index is 0.292. The van der Waals surface area contributed by atoms with Crippen molar-refractivity contribution < 1.29 is 14.6 Å². The first-order valence-electron chi connectivity index (χ1n) is 12.1. The molecular weight excluding hydrogens is 396 g/mol. The number of aromatic nitrogens is 3. The van der Waals surface area contributed by atoms with Gasteiger partial charge in [-0.3, -0.25) is 4.79 Å². The Labute approximate surface area is 185 Å². The molecule has 1 amide bonds. The summed E-state index contributed by atoms with van der Waals surface area (Å²) in [6.45, 7) is 9.93. The minimum Gasteiger partial charge on any atom is -0.334 e. The van der Waals surface area contributed by atoms with E-state index in [-0.39, 0.29) is 0 Å². The quantitative estimate of drug-likeness (QED) is 0.595. The molecule has 4 heterocycles. The zero-order valence-corrected chi connectivity index (χ0v) is 19.8. The molecule has 1 unspecified atom stereocenters. The molecule has 0 aromatic carbocycles. The van der Waals surface area contributed by atoms with Crippen LogP contribution in [0.1, 0.15) is 70.7 Å². The molecule has 0 spiro atoms. The Hall–Kier alpha value is -1.12. The van der Waals surface area contributed by atoms with E-state index in [1.54, 1.807) is 4.90 Å². The predicted octanol–water partition coefficient (Wildman–Crippen LogP) is 0.0952. The number of nitrogens with one attached hydrogen (secondary N) is 2. The lowest BCUT2D eigenvalue weighted by Crippen LogP contribution is -3.11. The van der Waals surface area contributed by atoms with Crippen LogP contribution in [0.4, 0.5) is 0 Å². The zero-order valence-electron chi connectivity index (χ0n) is 19.0. The molecule has 4 rings (SSSR count). The van der Waals surface area contributed by atoms with Crippen molar-refractivity contribution in [1.82, 2.24) is 19.7 Å². The normalized spacial score (nSPS) is 30.3. The molecule has 0 bridgehead atoms. The zero-order chi connectivity index (χ0) is 21.1. The molecule has 2 N–H and O–H groups in total. The van der Waals surface area contributed by atoms with E-state index in [0.29, 0.717) is 30.6 Å². The number of carbonyl (C=O) groups is 1. The number of hydrogen-bond acceptors (Lipinski definition) is 4. The maximum atomic E-state index is 13.2. The van der Waals surface area contributed by atoms with Gasteiger partial charge in [0.25, 0.3) is 5.91 Å². The summed E-state index contributed by atoms with van der Waals surface area (Å²) >= 11 is 1.84. The van der Waals surface area contributed by atoms with Crippen molar-refractivity contribution in [2.24, 2.45) is 7.05 Å². The Morgan fingerprint density at radius 3 is 2.50 bits per heavy atom. The third kappa shape index (κ3) is 4.86. The highest BCUT2D eigenvalue weighted by Gasteiger charge is 2.38. The number of piperidine rings is 1. The number of likely N-dealkylation sites (tertiary alicyclic amines) is 3. The van der Waals surface area contributed by atoms with Gasteiger partial charge in [0.2, 0.25) is 0 Å². The van der Waals surface area contributed by atoms with E-state index in [9.17, 15) is 4.79 Å². The number of nitrogens with zero attached hydrogens (tertiary/aromatic N) is 4. The summed E-state index contributed by atoms with van der Waals surface area (Å²) in [4.78, 5) is 18.4. The van der Waals surface area contributed by atoms with E-state index in [4.69, 9.17) is 0 Å². The van der Waals surface area contributed by atoms with Gasteiger partial charge >= 0.3 is 0 Å². The Bertz CT molecular complexity index is 708. The summed E-state index contributed by atoms with van der Waals surface area (Å²) in [6.07, 6.45) is 8.53. The Morgan fingerprint density at radius 2 is 1.77 bits per heavy atom.